The van der Waals surface area contributed by atoms with Gasteiger partial charge in [0, 0.05) is 11.1 Å². The molecule has 0 bridgehead atoms. The van der Waals surface area contributed by atoms with Gasteiger partial charge in [-0.25, -0.2) is 4.90 Å². The highest BCUT2D eigenvalue weighted by molar-refractivity contribution is 6.30. The molecule has 2 fully saturated rings. The average molecular weight is 455 g/mol. The smallest absolute Gasteiger partial charge is 0.257 e. The third kappa shape index (κ3) is 4.65. The Bertz CT molecular complexity index is 984. The Morgan fingerprint density at radius 2 is 1.69 bits per heavy atom. The first-order valence-electron chi connectivity index (χ1n) is 11.0. The number of amides is 3. The summed E-state index contributed by atoms with van der Waals surface area (Å²) in [4.78, 5) is 42.7. The fourth-order valence-electron chi connectivity index (χ4n) is 4.70. The zero-order chi connectivity index (χ0) is 22.7. The highest BCUT2D eigenvalue weighted by Gasteiger charge is 2.46. The molecule has 168 valence electrons. The molecule has 1 aliphatic carbocycles. The number of carbonyl (C=O) groups is 3. The van der Waals surface area contributed by atoms with Gasteiger partial charge in [0.05, 0.1) is 25.6 Å². The number of hydrogen-bond donors (Lipinski definition) is 0. The van der Waals surface area contributed by atoms with Crippen LogP contribution >= 0.6 is 11.6 Å². The van der Waals surface area contributed by atoms with Crippen molar-refractivity contribution in [2.75, 3.05) is 12.0 Å². The number of methoxy groups -OCH3 is 1. The van der Waals surface area contributed by atoms with Gasteiger partial charge in [0.2, 0.25) is 11.8 Å². The molecule has 1 aliphatic heterocycles. The average Bonchev–Trinajstić information content (AvgIpc) is 3.10. The molecule has 1 saturated heterocycles. The van der Waals surface area contributed by atoms with Gasteiger partial charge in [-0.05, 0) is 54.8 Å². The van der Waals surface area contributed by atoms with Crippen LogP contribution in [0.2, 0.25) is 5.02 Å². The van der Waals surface area contributed by atoms with Gasteiger partial charge >= 0.3 is 0 Å². The van der Waals surface area contributed by atoms with Crippen molar-refractivity contribution in [1.82, 2.24) is 4.90 Å². The van der Waals surface area contributed by atoms with Crippen LogP contribution < -0.4 is 9.64 Å². The van der Waals surface area contributed by atoms with E-state index in [1.807, 2.05) is 12.1 Å². The van der Waals surface area contributed by atoms with Gasteiger partial charge in [-0.1, -0.05) is 43.0 Å². The van der Waals surface area contributed by atoms with Crippen LogP contribution in [0.15, 0.2) is 48.5 Å². The number of benzene rings is 2. The van der Waals surface area contributed by atoms with E-state index in [0.717, 1.165) is 37.7 Å². The van der Waals surface area contributed by atoms with E-state index in [2.05, 4.69) is 0 Å². The molecular formula is C25H27ClN2O4. The molecule has 6 nitrogen and oxygen atoms in total. The minimum atomic E-state index is -0.771. The molecule has 1 saturated carbocycles. The summed E-state index contributed by atoms with van der Waals surface area (Å²) >= 11 is 5.97. The Labute approximate surface area is 193 Å². The predicted octanol–water partition coefficient (Wildman–Crippen LogP) is 4.38. The van der Waals surface area contributed by atoms with Gasteiger partial charge in [-0.15, -0.1) is 0 Å². The highest BCUT2D eigenvalue weighted by atomic mass is 35.5. The molecule has 3 amide bonds. The van der Waals surface area contributed by atoms with Crippen molar-refractivity contribution in [2.45, 2.75) is 57.0 Å². The van der Waals surface area contributed by atoms with Crippen LogP contribution in [0.25, 0.3) is 0 Å². The van der Waals surface area contributed by atoms with E-state index < -0.39 is 6.04 Å². The van der Waals surface area contributed by atoms with Gasteiger partial charge in [-0.3, -0.25) is 14.4 Å². The summed E-state index contributed by atoms with van der Waals surface area (Å²) in [5, 5.41) is 0.608. The predicted molar refractivity (Wildman–Crippen MR) is 123 cm³/mol. The number of hydrogen-bond acceptors (Lipinski definition) is 4. The fraction of sp³-hybridized carbons (Fsp3) is 0.400. The Hall–Kier alpha value is -2.86. The molecule has 0 aromatic heterocycles. The highest BCUT2D eigenvalue weighted by Crippen LogP contribution is 2.32. The SMILES string of the molecule is COc1ccc(N2C(=O)CC(N(C(=O)Cc3ccc(Cl)cc3)C3CCCCC3)C2=O)cc1. The van der Waals surface area contributed by atoms with Crippen molar-refractivity contribution in [3.63, 3.8) is 0 Å². The van der Waals surface area contributed by atoms with Gasteiger partial charge in [0.15, 0.2) is 0 Å². The van der Waals surface area contributed by atoms with Crippen LogP contribution in [0, 0.1) is 0 Å². The molecule has 2 aliphatic rings. The first kappa shape index (κ1) is 22.3. The number of halogens is 1. The Morgan fingerprint density at radius 3 is 2.31 bits per heavy atom. The van der Waals surface area contributed by atoms with Gasteiger partial charge in [-0.2, -0.15) is 0 Å². The minimum absolute atomic E-state index is 0.00766. The van der Waals surface area contributed by atoms with Gasteiger partial charge in [0.1, 0.15) is 11.8 Å². The molecule has 1 heterocycles. The van der Waals surface area contributed by atoms with Crippen molar-refractivity contribution in [3.8, 4) is 5.75 Å². The minimum Gasteiger partial charge on any atom is -0.497 e. The Balaban J connectivity index is 1.59. The molecule has 0 N–H and O–H groups in total. The van der Waals surface area contributed by atoms with Crippen LogP contribution in [-0.2, 0) is 20.8 Å². The van der Waals surface area contributed by atoms with E-state index in [4.69, 9.17) is 16.3 Å². The summed E-state index contributed by atoms with van der Waals surface area (Å²) in [6, 6.07) is 13.2. The molecule has 4 rings (SSSR count). The van der Waals surface area contributed by atoms with Crippen molar-refractivity contribution in [1.29, 1.82) is 0 Å². The molecule has 1 unspecified atom stereocenters. The van der Waals surface area contributed by atoms with E-state index in [1.165, 1.54) is 4.90 Å². The van der Waals surface area contributed by atoms with Gasteiger partial charge in [0.25, 0.3) is 5.91 Å². The number of nitrogens with zero attached hydrogens (tertiary/aromatic N) is 2. The lowest BCUT2D eigenvalue weighted by Crippen LogP contribution is -2.51. The van der Waals surface area contributed by atoms with Crippen molar-refractivity contribution in [2.24, 2.45) is 0 Å². The topological polar surface area (TPSA) is 66.9 Å². The largest absolute Gasteiger partial charge is 0.497 e. The molecule has 32 heavy (non-hydrogen) atoms. The Kier molecular flexibility index (Phi) is 6.80. The van der Waals surface area contributed by atoms with E-state index in [9.17, 15) is 14.4 Å². The third-order valence-corrected chi connectivity index (χ3v) is 6.57. The second kappa shape index (κ2) is 9.74. The first-order chi connectivity index (χ1) is 15.5. The van der Waals surface area contributed by atoms with Crippen molar-refractivity contribution < 1.29 is 19.1 Å². The fourth-order valence-corrected chi connectivity index (χ4v) is 4.82. The molecule has 0 radical (unpaired) electrons. The molecule has 2 aromatic carbocycles. The van der Waals surface area contributed by atoms with Crippen LogP contribution in [0.3, 0.4) is 0 Å². The van der Waals surface area contributed by atoms with Crippen LogP contribution in [0.4, 0.5) is 5.69 Å². The molecular weight excluding hydrogens is 428 g/mol. The maximum atomic E-state index is 13.5. The molecule has 0 spiro atoms. The summed E-state index contributed by atoms with van der Waals surface area (Å²) in [5.41, 5.74) is 1.33. The Morgan fingerprint density at radius 1 is 1.03 bits per heavy atom. The van der Waals surface area contributed by atoms with E-state index >= 15 is 0 Å². The normalized spacial score (nSPS) is 19.3. The summed E-state index contributed by atoms with van der Waals surface area (Å²) in [6.45, 7) is 0. The summed E-state index contributed by atoms with van der Waals surface area (Å²) < 4.78 is 5.17. The summed E-state index contributed by atoms with van der Waals surface area (Å²) in [7, 11) is 1.56. The summed E-state index contributed by atoms with van der Waals surface area (Å²) in [5.74, 6) is -0.103. The lowest BCUT2D eigenvalue weighted by Gasteiger charge is -2.37. The first-order valence-corrected chi connectivity index (χ1v) is 11.4. The molecule has 7 heteroatoms. The number of rotatable bonds is 6. The second-order valence-electron chi connectivity index (χ2n) is 8.38. The quantitative estimate of drug-likeness (QED) is 0.607. The monoisotopic (exact) mass is 454 g/mol. The van der Waals surface area contributed by atoms with Crippen LogP contribution in [0.5, 0.6) is 5.75 Å². The van der Waals surface area contributed by atoms with E-state index in [0.29, 0.717) is 16.5 Å². The van der Waals surface area contributed by atoms with Crippen molar-refractivity contribution in [3.05, 3.63) is 59.1 Å². The molecule has 2 aromatic rings. The summed E-state index contributed by atoms with van der Waals surface area (Å²) in [6.07, 6.45) is 5.06. The maximum absolute atomic E-state index is 13.5. The number of carbonyl (C=O) groups excluding carboxylic acids is 3. The zero-order valence-electron chi connectivity index (χ0n) is 18.1. The lowest BCUT2D eigenvalue weighted by molar-refractivity contribution is -0.141. The number of imide groups is 1. The maximum Gasteiger partial charge on any atom is 0.257 e. The van der Waals surface area contributed by atoms with E-state index in [-0.39, 0.29) is 36.6 Å². The second-order valence-corrected chi connectivity index (χ2v) is 8.82. The van der Waals surface area contributed by atoms with Crippen molar-refractivity contribution >= 4 is 35.0 Å². The van der Waals surface area contributed by atoms with Gasteiger partial charge < -0.3 is 9.64 Å². The lowest BCUT2D eigenvalue weighted by atomic mass is 9.92. The number of ether oxygens (including phenoxy) is 1. The zero-order valence-corrected chi connectivity index (χ0v) is 18.9. The number of anilines is 1. The van der Waals surface area contributed by atoms with Crippen LogP contribution in [0.1, 0.15) is 44.1 Å². The van der Waals surface area contributed by atoms with Crippen LogP contribution in [-0.4, -0.2) is 41.8 Å². The van der Waals surface area contributed by atoms with E-state index in [1.54, 1.807) is 48.4 Å². The molecule has 1 atom stereocenters. The standard InChI is InChI=1S/C25H27ClN2O4/c1-32-21-13-11-20(12-14-21)28-24(30)16-22(25(28)31)27(19-5-3-2-4-6-19)23(29)15-17-7-9-18(26)10-8-17/h7-14,19,22H,2-6,15-16H2,1H3. The third-order valence-electron chi connectivity index (χ3n) is 6.31.